The summed E-state index contributed by atoms with van der Waals surface area (Å²) in [5, 5.41) is 11.0. The monoisotopic (exact) mass is 1010 g/mol. The molecule has 4 heteroatoms. The van der Waals surface area contributed by atoms with Gasteiger partial charge >= 0.3 is 191 Å². The molecule has 0 saturated heterocycles. The Morgan fingerprint density at radius 3 is 1.00 bits per heavy atom. The molecule has 0 saturated carbocycles. The second-order valence-electron chi connectivity index (χ2n) is 17.8. The fourth-order valence-corrected chi connectivity index (χ4v) is 10.5. The summed E-state index contributed by atoms with van der Waals surface area (Å²) in [6.07, 6.45) is 15.4. The van der Waals surface area contributed by atoms with Gasteiger partial charge in [-0.25, -0.2) is 0 Å². The molecule has 0 heterocycles. The SMILES string of the molecule is Cc1ccc2c(c1)[cH-]c1c(C3=CC=CC3)c(C)ccc12.Cc1ccc2c(c1)[cH-]c1c(C3=CC=CC3)c(C)ccc12.[Cl-].[Cl-].[Ti+]=[C](c1ccccc1)c1ccccc1.[Ti+]=[C](c1ccccc1)c1ccccc1. The number of allylic oxidation sites excluding steroid dienone is 8. The molecule has 0 nitrogen and oxygen atoms in total. The zero-order valence-electron chi connectivity index (χ0n) is 40.1. The van der Waals surface area contributed by atoms with E-state index in [2.05, 4.69) is 274 Å². The fourth-order valence-electron chi connectivity index (χ4n) is 9.50. The van der Waals surface area contributed by atoms with E-state index in [0.29, 0.717) is 0 Å². The molecule has 0 spiro atoms. The Bertz CT molecular complexity index is 3230. The van der Waals surface area contributed by atoms with Crippen molar-refractivity contribution in [3.8, 4) is 0 Å². The quantitative estimate of drug-likeness (QED) is 0.115. The molecule has 2 aliphatic rings. The molecule has 70 heavy (non-hydrogen) atoms. The molecule has 0 fully saturated rings. The van der Waals surface area contributed by atoms with Crippen molar-refractivity contribution in [3.63, 3.8) is 0 Å². The average Bonchev–Trinajstić information content (AvgIpc) is 4.23. The van der Waals surface area contributed by atoms with Crippen molar-refractivity contribution in [1.29, 1.82) is 0 Å². The van der Waals surface area contributed by atoms with Gasteiger partial charge in [0.15, 0.2) is 0 Å². The standard InChI is InChI=1S/2C20H17.2C13H10.2ClH.2Ti/c2*1-13-7-9-17-16(11-13)12-19-18(17)10-8-14(2)20(19)15-5-3-4-6-15;2*1-3-7-12(8-4-1)11-13-9-5-2-6-10-13;;;;/h2*3-5,7-12H,6H2,1-2H3;2*1-10H;2*1H;;/q2*-1;;;;;2*+1/p-2. The zero-order chi connectivity index (χ0) is 47.0. The van der Waals surface area contributed by atoms with Crippen LogP contribution in [0.25, 0.3) is 54.2 Å². The molecule has 0 N–H and O–H groups in total. The van der Waals surface area contributed by atoms with Crippen LogP contribution in [-0.4, -0.2) is 7.62 Å². The zero-order valence-corrected chi connectivity index (χ0v) is 44.7. The first-order valence-corrected chi connectivity index (χ1v) is 25.1. The third-order valence-electron chi connectivity index (χ3n) is 12.9. The van der Waals surface area contributed by atoms with Crippen LogP contribution in [-0.2, 0) is 39.9 Å². The van der Waals surface area contributed by atoms with Crippen LogP contribution in [0.3, 0.4) is 0 Å². The molecule has 0 aromatic heterocycles. The molecule has 2 aliphatic carbocycles. The predicted octanol–water partition coefficient (Wildman–Crippen LogP) is 11.0. The van der Waals surface area contributed by atoms with E-state index in [9.17, 15) is 0 Å². The van der Waals surface area contributed by atoms with Crippen LogP contribution in [0.1, 0.15) is 68.5 Å². The topological polar surface area (TPSA) is 0 Å². The van der Waals surface area contributed by atoms with E-state index in [-0.39, 0.29) is 24.8 Å². The van der Waals surface area contributed by atoms with Crippen molar-refractivity contribution < 1.29 is 64.8 Å². The van der Waals surface area contributed by atoms with E-state index in [0.717, 1.165) is 12.8 Å². The van der Waals surface area contributed by atoms with E-state index in [1.54, 1.807) is 0 Å². The number of halogens is 2. The molecule has 0 unspecified atom stereocenters. The third kappa shape index (κ3) is 11.9. The normalized spacial score (nSPS) is 12.2. The summed E-state index contributed by atoms with van der Waals surface area (Å²) in [7, 11) is 0. The molecule has 0 bridgehead atoms. The van der Waals surface area contributed by atoms with Crippen molar-refractivity contribution in [3.05, 3.63) is 286 Å². The van der Waals surface area contributed by atoms with E-state index in [1.165, 1.54) is 117 Å². The first kappa shape index (κ1) is 52.0. The molecule has 0 radical (unpaired) electrons. The van der Waals surface area contributed by atoms with Crippen LogP contribution in [0, 0.1) is 27.7 Å². The predicted molar refractivity (Wildman–Crippen MR) is 289 cm³/mol. The molecule has 0 aliphatic heterocycles. The van der Waals surface area contributed by atoms with E-state index >= 15 is 0 Å². The van der Waals surface area contributed by atoms with E-state index in [1.807, 2.05) is 24.3 Å². The molecular weight excluding hydrogens is 959 g/mol. The Labute approximate surface area is 449 Å². The van der Waals surface area contributed by atoms with Gasteiger partial charge < -0.3 is 24.8 Å². The second kappa shape index (κ2) is 24.4. The van der Waals surface area contributed by atoms with Crippen LogP contribution in [0.5, 0.6) is 0 Å². The Balaban J connectivity index is 0.000000138. The molecule has 0 atom stereocenters. The van der Waals surface area contributed by atoms with E-state index in [4.69, 9.17) is 0 Å². The van der Waals surface area contributed by atoms with Gasteiger partial charge in [-0.15, -0.1) is 67.4 Å². The Morgan fingerprint density at radius 2 is 0.700 bits per heavy atom. The molecule has 0 amide bonds. The molecular formula is C66H54Cl2Ti2-2. The average molecular weight is 1010 g/mol. The van der Waals surface area contributed by atoms with Crippen LogP contribution < -0.4 is 24.8 Å². The molecule has 12 rings (SSSR count). The van der Waals surface area contributed by atoms with Gasteiger partial charge in [0.05, 0.1) is 0 Å². The van der Waals surface area contributed by atoms with Gasteiger partial charge in [0.1, 0.15) is 0 Å². The van der Waals surface area contributed by atoms with Gasteiger partial charge in [-0.1, -0.05) is 130 Å². The van der Waals surface area contributed by atoms with Gasteiger partial charge in [-0.2, -0.15) is 0 Å². The summed E-state index contributed by atoms with van der Waals surface area (Å²) >= 11 is 4.31. The number of hydrogen-bond acceptors (Lipinski definition) is 0. The van der Waals surface area contributed by atoms with Crippen LogP contribution in [0.2, 0.25) is 0 Å². The molecule has 10 aromatic rings. The van der Waals surface area contributed by atoms with Crippen molar-refractivity contribution in [2.24, 2.45) is 0 Å². The second-order valence-corrected chi connectivity index (χ2v) is 19.3. The minimum atomic E-state index is 0. The first-order chi connectivity index (χ1) is 33.2. The first-order valence-electron chi connectivity index (χ1n) is 23.5. The van der Waals surface area contributed by atoms with Crippen molar-refractivity contribution in [2.45, 2.75) is 40.5 Å². The maximum atomic E-state index is 2.36. The maximum absolute atomic E-state index is 2.36. The Kier molecular flexibility index (Phi) is 18.1. The van der Waals surface area contributed by atoms with Crippen molar-refractivity contribution >= 4 is 61.9 Å². The number of rotatable bonds is 6. The summed E-state index contributed by atoms with van der Waals surface area (Å²) in [4.78, 5) is 0. The number of fused-ring (bicyclic) bond motifs is 6. The van der Waals surface area contributed by atoms with Gasteiger partial charge in [0, 0.05) is 0 Å². The molecule has 342 valence electrons. The van der Waals surface area contributed by atoms with Gasteiger partial charge in [0.2, 0.25) is 0 Å². The Morgan fingerprint density at radius 1 is 0.386 bits per heavy atom. The summed E-state index contributed by atoms with van der Waals surface area (Å²) in [5.41, 5.74) is 16.3. The number of hydrogen-bond donors (Lipinski definition) is 0. The van der Waals surface area contributed by atoms with Crippen LogP contribution >= 0.6 is 0 Å². The molecule has 10 aromatic carbocycles. The van der Waals surface area contributed by atoms with E-state index < -0.39 is 0 Å². The summed E-state index contributed by atoms with van der Waals surface area (Å²) in [5.74, 6) is 0. The number of benzene rings is 8. The van der Waals surface area contributed by atoms with Gasteiger partial charge in [-0.05, 0) is 40.5 Å². The summed E-state index contributed by atoms with van der Waals surface area (Å²) < 4.78 is 2.65. The van der Waals surface area contributed by atoms with Crippen molar-refractivity contribution in [1.82, 2.24) is 0 Å². The summed E-state index contributed by atoms with van der Waals surface area (Å²) in [6.45, 7) is 8.76. The minimum absolute atomic E-state index is 0. The summed E-state index contributed by atoms with van der Waals surface area (Å²) in [6, 6.07) is 69.2. The van der Waals surface area contributed by atoms with Crippen molar-refractivity contribution in [2.75, 3.05) is 0 Å². The van der Waals surface area contributed by atoms with Gasteiger partial charge in [0.25, 0.3) is 0 Å². The fraction of sp³-hybridized carbons (Fsp3) is 0.0909. The van der Waals surface area contributed by atoms with Crippen LogP contribution in [0.15, 0.2) is 231 Å². The van der Waals surface area contributed by atoms with Gasteiger partial charge in [-0.3, -0.25) is 0 Å². The Hall–Kier alpha value is -5.79. The number of aryl methyl sites for hydroxylation is 4. The third-order valence-corrected chi connectivity index (χ3v) is 14.7. The van der Waals surface area contributed by atoms with Crippen LogP contribution in [0.4, 0.5) is 0 Å².